The molecule has 1 aromatic heterocycles. The summed E-state index contributed by atoms with van der Waals surface area (Å²) >= 11 is 0. The number of hydrogen-bond donors (Lipinski definition) is 1. The highest BCUT2D eigenvalue weighted by molar-refractivity contribution is 5.97. The van der Waals surface area contributed by atoms with Gasteiger partial charge in [0.25, 0.3) is 5.91 Å². The summed E-state index contributed by atoms with van der Waals surface area (Å²) in [6, 6.07) is 6.41. The predicted molar refractivity (Wildman–Crippen MR) is 83.1 cm³/mol. The summed E-state index contributed by atoms with van der Waals surface area (Å²) in [6.07, 6.45) is 1.23. The molecule has 1 N–H and O–H groups in total. The van der Waals surface area contributed by atoms with E-state index in [1.165, 1.54) is 4.90 Å². The minimum atomic E-state index is -0.941. The zero-order chi connectivity index (χ0) is 16.6. The molecule has 0 bridgehead atoms. The quantitative estimate of drug-likeness (QED) is 0.941. The Kier molecular flexibility index (Phi) is 3.90. The van der Waals surface area contributed by atoms with Gasteiger partial charge in [-0.3, -0.25) is 4.79 Å². The lowest BCUT2D eigenvalue weighted by atomic mass is 10.0. The van der Waals surface area contributed by atoms with E-state index >= 15 is 0 Å². The number of carbonyl (C=O) groups excluding carboxylic acids is 1. The summed E-state index contributed by atoms with van der Waals surface area (Å²) in [5, 5.41) is 13.1. The van der Waals surface area contributed by atoms with Crippen molar-refractivity contribution >= 4 is 11.9 Å². The van der Waals surface area contributed by atoms with Crippen molar-refractivity contribution in [2.45, 2.75) is 32.7 Å². The van der Waals surface area contributed by atoms with Gasteiger partial charge in [0.2, 0.25) is 0 Å². The summed E-state index contributed by atoms with van der Waals surface area (Å²) in [4.78, 5) is 25.2. The van der Waals surface area contributed by atoms with Crippen LogP contribution in [0.15, 0.2) is 28.8 Å². The van der Waals surface area contributed by atoms with E-state index in [4.69, 9.17) is 4.52 Å². The average molecular weight is 314 g/mol. The van der Waals surface area contributed by atoms with Crippen molar-refractivity contribution in [3.63, 3.8) is 0 Å². The van der Waals surface area contributed by atoms with Crippen molar-refractivity contribution in [1.82, 2.24) is 10.1 Å². The number of nitrogens with zero attached hydrogens (tertiary/aromatic N) is 2. The van der Waals surface area contributed by atoms with Crippen LogP contribution in [0, 0.1) is 13.8 Å². The van der Waals surface area contributed by atoms with Crippen molar-refractivity contribution in [1.29, 1.82) is 0 Å². The highest BCUT2D eigenvalue weighted by Crippen LogP contribution is 2.28. The van der Waals surface area contributed by atoms with Gasteiger partial charge < -0.3 is 14.5 Å². The molecule has 1 aliphatic rings. The molecule has 120 valence electrons. The summed E-state index contributed by atoms with van der Waals surface area (Å²) in [5.41, 5.74) is 3.14. The van der Waals surface area contributed by atoms with Crippen molar-refractivity contribution in [2.75, 3.05) is 6.54 Å². The second kappa shape index (κ2) is 5.87. The van der Waals surface area contributed by atoms with Gasteiger partial charge in [0.15, 0.2) is 0 Å². The van der Waals surface area contributed by atoms with Crippen molar-refractivity contribution < 1.29 is 19.2 Å². The van der Waals surface area contributed by atoms with Gasteiger partial charge in [-0.05, 0) is 44.4 Å². The molecule has 2 heterocycles. The van der Waals surface area contributed by atoms with Crippen LogP contribution in [-0.2, 0) is 4.79 Å². The van der Waals surface area contributed by atoms with Crippen molar-refractivity contribution in [3.8, 4) is 11.1 Å². The molecule has 6 heteroatoms. The van der Waals surface area contributed by atoms with E-state index in [1.807, 2.05) is 26.0 Å². The smallest absolute Gasteiger partial charge is 0.326 e. The van der Waals surface area contributed by atoms with Gasteiger partial charge in [-0.15, -0.1) is 0 Å². The minimum Gasteiger partial charge on any atom is -0.480 e. The van der Waals surface area contributed by atoms with Crippen molar-refractivity contribution in [3.05, 3.63) is 41.3 Å². The first kappa shape index (κ1) is 15.3. The average Bonchev–Trinajstić information content (AvgIpc) is 3.14. The van der Waals surface area contributed by atoms with Gasteiger partial charge in [0.1, 0.15) is 11.8 Å². The summed E-state index contributed by atoms with van der Waals surface area (Å²) in [7, 11) is 0. The fourth-order valence-corrected chi connectivity index (χ4v) is 3.11. The lowest BCUT2D eigenvalue weighted by Gasteiger charge is -2.21. The Hall–Kier alpha value is -2.63. The molecule has 0 spiro atoms. The van der Waals surface area contributed by atoms with Crippen LogP contribution in [0.25, 0.3) is 11.1 Å². The Bertz CT molecular complexity index is 729. The molecule has 1 atom stereocenters. The highest BCUT2D eigenvalue weighted by atomic mass is 16.5. The molecule has 0 saturated carbocycles. The molecule has 1 amide bonds. The van der Waals surface area contributed by atoms with Crippen LogP contribution in [0.4, 0.5) is 0 Å². The molecular weight excluding hydrogens is 296 g/mol. The molecule has 0 radical (unpaired) electrons. The molecule has 1 unspecified atom stereocenters. The highest BCUT2D eigenvalue weighted by Gasteiger charge is 2.34. The van der Waals surface area contributed by atoms with Crippen LogP contribution >= 0.6 is 0 Å². The van der Waals surface area contributed by atoms with E-state index in [0.29, 0.717) is 18.5 Å². The number of aromatic nitrogens is 1. The second-order valence-corrected chi connectivity index (χ2v) is 5.77. The number of carboxylic acid groups (broad SMARTS) is 1. The lowest BCUT2D eigenvalue weighted by Crippen LogP contribution is -2.40. The van der Waals surface area contributed by atoms with E-state index in [2.05, 4.69) is 5.16 Å². The van der Waals surface area contributed by atoms with Crippen LogP contribution in [0.2, 0.25) is 0 Å². The largest absolute Gasteiger partial charge is 0.480 e. The number of aryl methyl sites for hydroxylation is 2. The fourth-order valence-electron chi connectivity index (χ4n) is 3.11. The topological polar surface area (TPSA) is 83.6 Å². The van der Waals surface area contributed by atoms with E-state index in [1.54, 1.807) is 12.1 Å². The van der Waals surface area contributed by atoms with Crippen LogP contribution in [-0.4, -0.2) is 39.6 Å². The molecule has 23 heavy (non-hydrogen) atoms. The normalized spacial score (nSPS) is 17.5. The predicted octanol–water partition coefficient (Wildman–Crippen LogP) is 2.65. The molecule has 2 aromatic rings. The SMILES string of the molecule is Cc1noc(C)c1-c1ccc(C(=O)N2CCCC2C(=O)O)cc1. The zero-order valence-electron chi connectivity index (χ0n) is 13.1. The molecule has 3 rings (SSSR count). The van der Waals surface area contributed by atoms with Crippen LogP contribution in [0.1, 0.15) is 34.7 Å². The minimum absolute atomic E-state index is 0.236. The number of hydrogen-bond acceptors (Lipinski definition) is 4. The third kappa shape index (κ3) is 2.72. The number of benzene rings is 1. The van der Waals surface area contributed by atoms with E-state index < -0.39 is 12.0 Å². The number of likely N-dealkylation sites (tertiary alicyclic amines) is 1. The van der Waals surface area contributed by atoms with Crippen LogP contribution in [0.3, 0.4) is 0 Å². The molecule has 1 aliphatic heterocycles. The molecular formula is C17H18N2O4. The maximum absolute atomic E-state index is 12.5. The standard InChI is InChI=1S/C17H18N2O4/c1-10-15(11(2)23-18-10)12-5-7-13(8-6-12)16(20)19-9-3-4-14(19)17(21)22/h5-8,14H,3-4,9H2,1-2H3,(H,21,22). The first-order chi connectivity index (χ1) is 11.0. The third-order valence-corrected chi connectivity index (χ3v) is 4.25. The van der Waals surface area contributed by atoms with Crippen LogP contribution < -0.4 is 0 Å². The molecule has 1 fully saturated rings. The van der Waals surface area contributed by atoms with Gasteiger partial charge >= 0.3 is 5.97 Å². The Labute approximate surface area is 133 Å². The van der Waals surface area contributed by atoms with Gasteiger partial charge in [0.05, 0.1) is 5.69 Å². The third-order valence-electron chi connectivity index (χ3n) is 4.25. The summed E-state index contributed by atoms with van der Waals surface area (Å²) in [6.45, 7) is 4.20. The number of rotatable bonds is 3. The van der Waals surface area contributed by atoms with E-state index in [9.17, 15) is 14.7 Å². The Morgan fingerprint density at radius 3 is 2.52 bits per heavy atom. The summed E-state index contributed by atoms with van der Waals surface area (Å²) < 4.78 is 5.16. The maximum Gasteiger partial charge on any atom is 0.326 e. The number of amides is 1. The Morgan fingerprint density at radius 1 is 1.26 bits per heavy atom. The van der Waals surface area contributed by atoms with Gasteiger partial charge in [-0.25, -0.2) is 4.79 Å². The molecule has 1 aromatic carbocycles. The molecule has 6 nitrogen and oxygen atoms in total. The maximum atomic E-state index is 12.5. The first-order valence-electron chi connectivity index (χ1n) is 7.56. The van der Waals surface area contributed by atoms with E-state index in [-0.39, 0.29) is 5.91 Å². The fraction of sp³-hybridized carbons (Fsp3) is 0.353. The Balaban J connectivity index is 1.85. The van der Waals surface area contributed by atoms with Crippen molar-refractivity contribution in [2.24, 2.45) is 0 Å². The second-order valence-electron chi connectivity index (χ2n) is 5.77. The number of carbonyl (C=O) groups is 2. The summed E-state index contributed by atoms with van der Waals surface area (Å²) in [5.74, 6) is -0.449. The zero-order valence-corrected chi connectivity index (χ0v) is 13.1. The number of carboxylic acids is 1. The molecule has 0 aliphatic carbocycles. The van der Waals surface area contributed by atoms with Gasteiger partial charge in [0, 0.05) is 17.7 Å². The number of aliphatic carboxylic acids is 1. The van der Waals surface area contributed by atoms with Gasteiger partial charge in [-0.1, -0.05) is 17.3 Å². The first-order valence-corrected chi connectivity index (χ1v) is 7.56. The lowest BCUT2D eigenvalue weighted by molar-refractivity contribution is -0.141. The van der Waals surface area contributed by atoms with E-state index in [0.717, 1.165) is 29.0 Å². The van der Waals surface area contributed by atoms with Crippen LogP contribution in [0.5, 0.6) is 0 Å². The van der Waals surface area contributed by atoms with Gasteiger partial charge in [-0.2, -0.15) is 0 Å². The monoisotopic (exact) mass is 314 g/mol. The molecule has 1 saturated heterocycles. The Morgan fingerprint density at radius 2 is 1.96 bits per heavy atom.